The van der Waals surface area contributed by atoms with Gasteiger partial charge in [0.15, 0.2) is 0 Å². The van der Waals surface area contributed by atoms with Crippen molar-refractivity contribution in [3.8, 4) is 11.5 Å². The van der Waals surface area contributed by atoms with Crippen LogP contribution >= 0.6 is 0 Å². The SMILES string of the molecule is COc1ccc(NC(=O)C(c2ccc(O)c(C)c2)N(C)C(=O)C(CC(N)=O)NC(=O)OC(C)(C)C)cc1. The Morgan fingerprint density at radius 3 is 2.22 bits per heavy atom. The monoisotopic (exact) mass is 514 g/mol. The molecule has 11 nitrogen and oxygen atoms in total. The topological polar surface area (TPSA) is 160 Å². The number of carbonyl (C=O) groups is 4. The Morgan fingerprint density at radius 2 is 1.70 bits per heavy atom. The molecule has 11 heteroatoms. The van der Waals surface area contributed by atoms with Crippen LogP contribution < -0.4 is 21.1 Å². The summed E-state index contributed by atoms with van der Waals surface area (Å²) in [7, 11) is 2.89. The van der Waals surface area contributed by atoms with Crippen molar-refractivity contribution in [2.45, 2.75) is 51.8 Å². The van der Waals surface area contributed by atoms with Gasteiger partial charge < -0.3 is 35.8 Å². The molecule has 2 rings (SSSR count). The molecule has 200 valence electrons. The zero-order valence-electron chi connectivity index (χ0n) is 21.8. The fourth-order valence-electron chi connectivity index (χ4n) is 3.51. The van der Waals surface area contributed by atoms with E-state index < -0.39 is 47.9 Å². The predicted octanol–water partition coefficient (Wildman–Crippen LogP) is 2.62. The highest BCUT2D eigenvalue weighted by atomic mass is 16.6. The molecule has 2 unspecified atom stereocenters. The van der Waals surface area contributed by atoms with Crippen LogP contribution in [0.3, 0.4) is 0 Å². The molecular weight excluding hydrogens is 480 g/mol. The van der Waals surface area contributed by atoms with Crippen LogP contribution in [0.15, 0.2) is 42.5 Å². The Kier molecular flexibility index (Phi) is 9.48. The average Bonchev–Trinajstić information content (AvgIpc) is 2.79. The number of anilines is 1. The molecule has 0 aliphatic rings. The number of methoxy groups -OCH3 is 1. The summed E-state index contributed by atoms with van der Waals surface area (Å²) in [6, 6.07) is 8.52. The van der Waals surface area contributed by atoms with Crippen molar-refractivity contribution in [2.24, 2.45) is 5.73 Å². The summed E-state index contributed by atoms with van der Waals surface area (Å²) in [6.45, 7) is 6.60. The number of hydrogen-bond donors (Lipinski definition) is 4. The van der Waals surface area contributed by atoms with E-state index in [2.05, 4.69) is 10.6 Å². The maximum absolute atomic E-state index is 13.5. The van der Waals surface area contributed by atoms with Gasteiger partial charge in [0.2, 0.25) is 11.8 Å². The first kappa shape index (κ1) is 29.0. The van der Waals surface area contributed by atoms with Gasteiger partial charge in [-0.1, -0.05) is 6.07 Å². The summed E-state index contributed by atoms with van der Waals surface area (Å²) in [5.41, 5.74) is 5.81. The minimum atomic E-state index is -1.38. The van der Waals surface area contributed by atoms with Gasteiger partial charge >= 0.3 is 6.09 Å². The van der Waals surface area contributed by atoms with Crippen LogP contribution in [-0.4, -0.2) is 59.6 Å². The first-order valence-corrected chi connectivity index (χ1v) is 11.5. The second-order valence-corrected chi connectivity index (χ2v) is 9.48. The van der Waals surface area contributed by atoms with Crippen molar-refractivity contribution in [1.29, 1.82) is 0 Å². The number of aryl methyl sites for hydroxylation is 1. The van der Waals surface area contributed by atoms with Crippen molar-refractivity contribution < 1.29 is 33.8 Å². The molecule has 5 N–H and O–H groups in total. The molecule has 2 aromatic rings. The van der Waals surface area contributed by atoms with Crippen LogP contribution in [-0.2, 0) is 19.1 Å². The third-order valence-corrected chi connectivity index (χ3v) is 5.27. The molecule has 4 amide bonds. The lowest BCUT2D eigenvalue weighted by molar-refractivity contribution is -0.140. The average molecular weight is 515 g/mol. The molecule has 0 aliphatic heterocycles. The van der Waals surface area contributed by atoms with E-state index in [1.54, 1.807) is 58.0 Å². The highest BCUT2D eigenvalue weighted by Gasteiger charge is 2.35. The van der Waals surface area contributed by atoms with Gasteiger partial charge in [-0.05, 0) is 75.2 Å². The highest BCUT2D eigenvalue weighted by molar-refractivity contribution is 5.99. The minimum Gasteiger partial charge on any atom is -0.508 e. The molecule has 0 heterocycles. The summed E-state index contributed by atoms with van der Waals surface area (Å²) in [5, 5.41) is 15.1. The van der Waals surface area contributed by atoms with Crippen molar-refractivity contribution in [3.05, 3.63) is 53.6 Å². The third kappa shape index (κ3) is 8.41. The Labute approximate surface area is 215 Å². The number of hydrogen-bond acceptors (Lipinski definition) is 7. The van der Waals surface area contributed by atoms with Crippen LogP contribution in [0.25, 0.3) is 0 Å². The van der Waals surface area contributed by atoms with Crippen LogP contribution in [0.2, 0.25) is 0 Å². The first-order chi connectivity index (χ1) is 17.2. The number of nitrogens with zero attached hydrogens (tertiary/aromatic N) is 1. The number of amides is 4. The lowest BCUT2D eigenvalue weighted by Gasteiger charge is -2.31. The van der Waals surface area contributed by atoms with E-state index in [4.69, 9.17) is 15.2 Å². The summed E-state index contributed by atoms with van der Waals surface area (Å²) in [4.78, 5) is 52.1. The van der Waals surface area contributed by atoms with Gasteiger partial charge in [-0.25, -0.2) is 4.79 Å². The van der Waals surface area contributed by atoms with Crippen LogP contribution in [0, 0.1) is 6.92 Å². The number of benzene rings is 2. The van der Waals surface area contributed by atoms with Gasteiger partial charge in [0, 0.05) is 12.7 Å². The molecule has 0 fully saturated rings. The molecule has 0 radical (unpaired) electrons. The van der Waals surface area contributed by atoms with Crippen LogP contribution in [0.1, 0.15) is 44.4 Å². The number of rotatable bonds is 9. The molecule has 0 spiro atoms. The van der Waals surface area contributed by atoms with Gasteiger partial charge in [0.25, 0.3) is 5.91 Å². The van der Waals surface area contributed by atoms with Gasteiger partial charge in [-0.2, -0.15) is 0 Å². The van der Waals surface area contributed by atoms with Crippen LogP contribution in [0.5, 0.6) is 11.5 Å². The van der Waals surface area contributed by atoms with Crippen molar-refractivity contribution in [3.63, 3.8) is 0 Å². The van der Waals surface area contributed by atoms with E-state index in [0.717, 1.165) is 4.90 Å². The Balaban J connectivity index is 2.41. The summed E-state index contributed by atoms with van der Waals surface area (Å²) in [6.07, 6.45) is -1.43. The predicted molar refractivity (Wildman–Crippen MR) is 137 cm³/mol. The largest absolute Gasteiger partial charge is 0.508 e. The number of phenols is 1. The van der Waals surface area contributed by atoms with Crippen molar-refractivity contribution in [1.82, 2.24) is 10.2 Å². The molecule has 0 aromatic heterocycles. The van der Waals surface area contributed by atoms with Gasteiger partial charge in [0.1, 0.15) is 29.2 Å². The Morgan fingerprint density at radius 1 is 1.08 bits per heavy atom. The van der Waals surface area contributed by atoms with Crippen molar-refractivity contribution >= 4 is 29.5 Å². The molecule has 2 aromatic carbocycles. The zero-order valence-corrected chi connectivity index (χ0v) is 21.8. The molecule has 2 atom stereocenters. The lowest BCUT2D eigenvalue weighted by atomic mass is 10.0. The number of ether oxygens (including phenoxy) is 2. The number of likely N-dealkylation sites (N-methyl/N-ethyl adjacent to an activating group) is 1. The molecular formula is C26H34N4O7. The van der Waals surface area contributed by atoms with Gasteiger partial charge in [-0.15, -0.1) is 0 Å². The summed E-state index contributed by atoms with van der Waals surface area (Å²) < 4.78 is 10.3. The molecule has 0 saturated carbocycles. The molecule has 0 saturated heterocycles. The molecule has 0 bridgehead atoms. The third-order valence-electron chi connectivity index (χ3n) is 5.27. The summed E-state index contributed by atoms with van der Waals surface area (Å²) >= 11 is 0. The fraction of sp³-hybridized carbons (Fsp3) is 0.385. The maximum atomic E-state index is 13.5. The lowest BCUT2D eigenvalue weighted by Crippen LogP contribution is -2.52. The second kappa shape index (κ2) is 12.1. The number of primary amides is 1. The minimum absolute atomic E-state index is 0.0187. The number of phenolic OH excluding ortho intramolecular Hbond substituents is 1. The Bertz CT molecular complexity index is 1140. The van der Waals surface area contributed by atoms with Crippen LogP contribution in [0.4, 0.5) is 10.5 Å². The fourth-order valence-corrected chi connectivity index (χ4v) is 3.51. The molecule has 37 heavy (non-hydrogen) atoms. The number of nitrogens with one attached hydrogen (secondary N) is 2. The van der Waals surface area contributed by atoms with Gasteiger partial charge in [0.05, 0.1) is 13.5 Å². The number of alkyl carbamates (subject to hydrolysis) is 1. The second-order valence-electron chi connectivity index (χ2n) is 9.48. The smallest absolute Gasteiger partial charge is 0.408 e. The quantitative estimate of drug-likeness (QED) is 0.400. The van der Waals surface area contributed by atoms with E-state index in [1.807, 2.05) is 0 Å². The van der Waals surface area contributed by atoms with E-state index in [1.165, 1.54) is 26.3 Å². The van der Waals surface area contributed by atoms with Crippen molar-refractivity contribution in [2.75, 3.05) is 19.5 Å². The normalized spacial score (nSPS) is 12.6. The van der Waals surface area contributed by atoms with E-state index >= 15 is 0 Å². The van der Waals surface area contributed by atoms with E-state index in [9.17, 15) is 24.3 Å². The molecule has 0 aliphatic carbocycles. The first-order valence-electron chi connectivity index (χ1n) is 11.5. The van der Waals surface area contributed by atoms with E-state index in [0.29, 0.717) is 22.6 Å². The van der Waals surface area contributed by atoms with Gasteiger partial charge in [-0.3, -0.25) is 14.4 Å². The number of aromatic hydroxyl groups is 1. The maximum Gasteiger partial charge on any atom is 0.408 e. The Hall–Kier alpha value is -4.28. The number of nitrogens with two attached hydrogens (primary N) is 1. The zero-order chi connectivity index (χ0) is 27.9. The summed E-state index contributed by atoms with van der Waals surface area (Å²) in [5.74, 6) is -1.53. The number of carbonyl (C=O) groups excluding carboxylic acids is 4. The standard InChI is InChI=1S/C26H34N4O7/c1-15-13-16(7-12-20(15)31)22(23(33)28-17-8-10-18(36-6)11-9-17)30(5)24(34)19(14-21(27)32)29-25(35)37-26(2,3)4/h7-13,19,22,31H,14H2,1-6H3,(H2,27,32)(H,28,33)(H,29,35). The van der Waals surface area contributed by atoms with E-state index in [-0.39, 0.29) is 5.75 Å². The highest BCUT2D eigenvalue weighted by Crippen LogP contribution is 2.27.